The van der Waals surface area contributed by atoms with E-state index in [-0.39, 0.29) is 5.56 Å². The molecule has 1 aromatic heterocycles. The van der Waals surface area contributed by atoms with Gasteiger partial charge in [-0.2, -0.15) is 5.10 Å². The summed E-state index contributed by atoms with van der Waals surface area (Å²) in [6.45, 7) is 1.71. The van der Waals surface area contributed by atoms with Crippen molar-refractivity contribution >= 4 is 27.3 Å². The second-order valence-corrected chi connectivity index (χ2v) is 5.26. The molecule has 2 aromatic rings. The van der Waals surface area contributed by atoms with Crippen molar-refractivity contribution in [2.45, 2.75) is 6.42 Å². The Morgan fingerprint density at radius 2 is 2.10 bits per heavy atom. The maximum Gasteiger partial charge on any atom is 0.280 e. The predicted octanol–water partition coefficient (Wildman–Crippen LogP) is 2.47. The maximum atomic E-state index is 11.4. The summed E-state index contributed by atoms with van der Waals surface area (Å²) in [4.78, 5) is 13.6. The highest BCUT2D eigenvalue weighted by Crippen LogP contribution is 2.15. The molecular formula is C14H17BrN4O. The third-order valence-electron chi connectivity index (χ3n) is 2.98. The Balaban J connectivity index is 1.79. The Hall–Kier alpha value is -1.82. The predicted molar refractivity (Wildman–Crippen MR) is 85.4 cm³/mol. The number of nitrogens with zero attached hydrogens (tertiary/aromatic N) is 2. The standard InChI is InChI=1S/C14H17BrN4O/c1-19(11-6-3-2-4-7-11)9-5-8-16-12-10-17-18-14(20)13(12)15/h2-4,6-7,10H,5,8-9H2,1H3,(H2,16,18,20). The molecular weight excluding hydrogens is 320 g/mol. The lowest BCUT2D eigenvalue weighted by molar-refractivity contribution is 0.814. The van der Waals surface area contributed by atoms with Gasteiger partial charge >= 0.3 is 0 Å². The second kappa shape index (κ2) is 7.09. The van der Waals surface area contributed by atoms with E-state index in [4.69, 9.17) is 0 Å². The van der Waals surface area contributed by atoms with Crippen LogP contribution in [0.1, 0.15) is 6.42 Å². The van der Waals surface area contributed by atoms with E-state index in [9.17, 15) is 4.79 Å². The molecule has 0 amide bonds. The van der Waals surface area contributed by atoms with E-state index in [1.54, 1.807) is 6.20 Å². The molecule has 20 heavy (non-hydrogen) atoms. The summed E-state index contributed by atoms with van der Waals surface area (Å²) in [6, 6.07) is 10.2. The van der Waals surface area contributed by atoms with E-state index in [1.165, 1.54) is 5.69 Å². The first kappa shape index (κ1) is 14.6. The van der Waals surface area contributed by atoms with Crippen molar-refractivity contribution in [2.24, 2.45) is 0 Å². The van der Waals surface area contributed by atoms with Crippen molar-refractivity contribution in [1.82, 2.24) is 10.2 Å². The van der Waals surface area contributed by atoms with Crippen LogP contribution >= 0.6 is 15.9 Å². The van der Waals surface area contributed by atoms with E-state index in [0.29, 0.717) is 4.47 Å². The number of benzene rings is 1. The Bertz CT molecular complexity index is 600. The number of anilines is 2. The lowest BCUT2D eigenvalue weighted by Crippen LogP contribution is -2.21. The summed E-state index contributed by atoms with van der Waals surface area (Å²) >= 11 is 3.24. The van der Waals surface area contributed by atoms with Crippen LogP contribution in [0.2, 0.25) is 0 Å². The third kappa shape index (κ3) is 3.84. The van der Waals surface area contributed by atoms with Crippen LogP contribution < -0.4 is 15.8 Å². The lowest BCUT2D eigenvalue weighted by atomic mass is 10.3. The molecule has 106 valence electrons. The Kier molecular flexibility index (Phi) is 5.17. The topological polar surface area (TPSA) is 61.0 Å². The smallest absolute Gasteiger partial charge is 0.280 e. The first-order valence-corrected chi connectivity index (χ1v) is 7.21. The minimum atomic E-state index is -0.226. The molecule has 2 rings (SSSR count). The highest BCUT2D eigenvalue weighted by Gasteiger charge is 2.04. The molecule has 0 saturated carbocycles. The first-order chi connectivity index (χ1) is 9.68. The molecule has 1 aromatic carbocycles. The molecule has 0 fully saturated rings. The third-order valence-corrected chi connectivity index (χ3v) is 3.77. The molecule has 5 nitrogen and oxygen atoms in total. The molecule has 0 atom stereocenters. The Morgan fingerprint density at radius 1 is 1.35 bits per heavy atom. The SMILES string of the molecule is CN(CCCNc1cn[nH]c(=O)c1Br)c1ccccc1. The fraction of sp³-hybridized carbons (Fsp3) is 0.286. The molecule has 6 heteroatoms. The quantitative estimate of drug-likeness (QED) is 0.795. The molecule has 0 bridgehead atoms. The molecule has 0 unspecified atom stereocenters. The summed E-state index contributed by atoms with van der Waals surface area (Å²) < 4.78 is 0.490. The van der Waals surface area contributed by atoms with Gasteiger partial charge < -0.3 is 10.2 Å². The van der Waals surface area contributed by atoms with Crippen molar-refractivity contribution in [2.75, 3.05) is 30.4 Å². The summed E-state index contributed by atoms with van der Waals surface area (Å²) in [7, 11) is 2.07. The van der Waals surface area contributed by atoms with Crippen LogP contribution in [0.3, 0.4) is 0 Å². The second-order valence-electron chi connectivity index (χ2n) is 4.46. The van der Waals surface area contributed by atoms with Crippen molar-refractivity contribution in [1.29, 1.82) is 0 Å². The molecule has 0 radical (unpaired) electrons. The minimum Gasteiger partial charge on any atom is -0.383 e. The van der Waals surface area contributed by atoms with E-state index in [2.05, 4.69) is 55.5 Å². The van der Waals surface area contributed by atoms with Gasteiger partial charge in [-0.15, -0.1) is 0 Å². The molecule has 0 spiro atoms. The van der Waals surface area contributed by atoms with Gasteiger partial charge in [-0.1, -0.05) is 18.2 Å². The van der Waals surface area contributed by atoms with Crippen molar-refractivity contribution in [3.8, 4) is 0 Å². The highest BCUT2D eigenvalue weighted by atomic mass is 79.9. The van der Waals surface area contributed by atoms with Crippen LogP contribution in [0.15, 0.2) is 45.8 Å². The average Bonchev–Trinajstić information content (AvgIpc) is 2.48. The van der Waals surface area contributed by atoms with Crippen molar-refractivity contribution in [3.05, 3.63) is 51.4 Å². The molecule has 0 aliphatic carbocycles. The van der Waals surface area contributed by atoms with Gasteiger partial charge in [-0.3, -0.25) is 4.79 Å². The minimum absolute atomic E-state index is 0.226. The van der Waals surface area contributed by atoms with E-state index in [1.807, 2.05) is 18.2 Å². The zero-order chi connectivity index (χ0) is 14.4. The lowest BCUT2D eigenvalue weighted by Gasteiger charge is -2.19. The summed E-state index contributed by atoms with van der Waals surface area (Å²) in [5, 5.41) is 9.34. The van der Waals surface area contributed by atoms with Gasteiger partial charge in [0, 0.05) is 25.8 Å². The van der Waals surface area contributed by atoms with Crippen LogP contribution in [0, 0.1) is 0 Å². The normalized spacial score (nSPS) is 10.3. The zero-order valence-electron chi connectivity index (χ0n) is 11.3. The van der Waals surface area contributed by atoms with Crippen molar-refractivity contribution < 1.29 is 0 Å². The number of aromatic amines is 1. The van der Waals surface area contributed by atoms with Crippen LogP contribution in [-0.2, 0) is 0 Å². The van der Waals surface area contributed by atoms with E-state index in [0.717, 1.165) is 25.2 Å². The number of nitrogens with one attached hydrogen (secondary N) is 2. The van der Waals surface area contributed by atoms with Crippen LogP contribution in [-0.4, -0.2) is 30.3 Å². The number of hydrogen-bond acceptors (Lipinski definition) is 4. The average molecular weight is 337 g/mol. The van der Waals surface area contributed by atoms with Gasteiger partial charge in [0.05, 0.1) is 11.9 Å². The number of aromatic nitrogens is 2. The Labute approximate surface area is 126 Å². The van der Waals surface area contributed by atoms with Crippen LogP contribution in [0.5, 0.6) is 0 Å². The first-order valence-electron chi connectivity index (χ1n) is 6.41. The monoisotopic (exact) mass is 336 g/mol. The molecule has 2 N–H and O–H groups in total. The van der Waals surface area contributed by atoms with E-state index >= 15 is 0 Å². The van der Waals surface area contributed by atoms with Crippen LogP contribution in [0.25, 0.3) is 0 Å². The molecule has 1 heterocycles. The maximum absolute atomic E-state index is 11.4. The van der Waals surface area contributed by atoms with Gasteiger partial charge in [0.15, 0.2) is 0 Å². The summed E-state index contributed by atoms with van der Waals surface area (Å²) in [5.74, 6) is 0. The fourth-order valence-electron chi connectivity index (χ4n) is 1.86. The Morgan fingerprint density at radius 3 is 2.85 bits per heavy atom. The number of para-hydroxylation sites is 1. The highest BCUT2D eigenvalue weighted by molar-refractivity contribution is 9.10. The summed E-state index contributed by atoms with van der Waals surface area (Å²) in [6.07, 6.45) is 2.57. The van der Waals surface area contributed by atoms with E-state index < -0.39 is 0 Å². The van der Waals surface area contributed by atoms with Gasteiger partial charge in [-0.05, 0) is 34.5 Å². The number of rotatable bonds is 6. The largest absolute Gasteiger partial charge is 0.383 e. The number of H-pyrrole nitrogens is 1. The zero-order valence-corrected chi connectivity index (χ0v) is 12.9. The van der Waals surface area contributed by atoms with Crippen LogP contribution in [0.4, 0.5) is 11.4 Å². The molecule has 0 saturated heterocycles. The molecule has 0 aliphatic heterocycles. The van der Waals surface area contributed by atoms with Gasteiger partial charge in [0.1, 0.15) is 4.47 Å². The number of halogens is 1. The van der Waals surface area contributed by atoms with Gasteiger partial charge in [0.2, 0.25) is 0 Å². The van der Waals surface area contributed by atoms with Gasteiger partial charge in [-0.25, -0.2) is 5.10 Å². The number of hydrogen-bond donors (Lipinski definition) is 2. The van der Waals surface area contributed by atoms with Crippen molar-refractivity contribution in [3.63, 3.8) is 0 Å². The molecule has 0 aliphatic rings. The summed E-state index contributed by atoms with van der Waals surface area (Å²) in [5.41, 5.74) is 1.69. The van der Waals surface area contributed by atoms with Gasteiger partial charge in [0.25, 0.3) is 5.56 Å². The fourth-order valence-corrected chi connectivity index (χ4v) is 2.19.